The molecule has 20 heavy (non-hydrogen) atoms. The van der Waals surface area contributed by atoms with E-state index >= 15 is 0 Å². The Bertz CT molecular complexity index is 838. The summed E-state index contributed by atoms with van der Waals surface area (Å²) in [5.41, 5.74) is 5.43. The van der Waals surface area contributed by atoms with Crippen LogP contribution < -0.4 is 0 Å². The normalized spacial score (nSPS) is 13.3. The minimum Gasteiger partial charge on any atom is -0.0716 e. The van der Waals surface area contributed by atoms with Crippen LogP contribution in [0.5, 0.6) is 0 Å². The second-order valence-electron chi connectivity index (χ2n) is 5.12. The molecule has 3 aromatic rings. The van der Waals surface area contributed by atoms with Crippen LogP contribution >= 0.6 is 15.9 Å². The molecule has 0 fully saturated rings. The van der Waals surface area contributed by atoms with Crippen molar-refractivity contribution in [2.24, 2.45) is 0 Å². The molecule has 1 aliphatic carbocycles. The van der Waals surface area contributed by atoms with E-state index in [1.807, 2.05) is 0 Å². The van der Waals surface area contributed by atoms with Crippen LogP contribution in [0.3, 0.4) is 0 Å². The Hall–Kier alpha value is -1.86. The third kappa shape index (κ3) is 1.74. The highest BCUT2D eigenvalue weighted by Gasteiger charge is 2.19. The van der Waals surface area contributed by atoms with E-state index in [2.05, 4.69) is 82.7 Å². The molecule has 0 unspecified atom stereocenters. The average molecular weight is 321 g/mol. The van der Waals surface area contributed by atoms with Gasteiger partial charge in [-0.05, 0) is 45.5 Å². The standard InChI is InChI=1S/C19H13Br/c20-18-10-4-7-14-11-12-17(19(14)18)16-9-3-6-13-5-1-2-8-15(13)16/h1-10,12H,11H2. The highest BCUT2D eigenvalue weighted by Crippen LogP contribution is 2.39. The summed E-state index contributed by atoms with van der Waals surface area (Å²) in [5, 5.41) is 2.62. The monoisotopic (exact) mass is 320 g/mol. The number of rotatable bonds is 1. The SMILES string of the molecule is Brc1cccc2c1C(c1cccc3ccccc13)=CC2. The molecule has 1 aliphatic rings. The van der Waals surface area contributed by atoms with Crippen LogP contribution in [0.15, 0.2) is 71.2 Å². The first kappa shape index (κ1) is 11.9. The summed E-state index contributed by atoms with van der Waals surface area (Å²) in [4.78, 5) is 0. The quantitative estimate of drug-likeness (QED) is 0.548. The van der Waals surface area contributed by atoms with Gasteiger partial charge in [-0.25, -0.2) is 0 Å². The molecule has 0 N–H and O–H groups in total. The Labute approximate surface area is 126 Å². The van der Waals surface area contributed by atoms with Crippen molar-refractivity contribution in [2.45, 2.75) is 6.42 Å². The van der Waals surface area contributed by atoms with Gasteiger partial charge >= 0.3 is 0 Å². The maximum absolute atomic E-state index is 3.71. The van der Waals surface area contributed by atoms with Crippen LogP contribution in [0.1, 0.15) is 16.7 Å². The van der Waals surface area contributed by atoms with Crippen molar-refractivity contribution < 1.29 is 0 Å². The fourth-order valence-corrected chi connectivity index (χ4v) is 3.68. The van der Waals surface area contributed by atoms with Gasteiger partial charge in [-0.3, -0.25) is 0 Å². The second-order valence-corrected chi connectivity index (χ2v) is 5.98. The van der Waals surface area contributed by atoms with E-state index in [-0.39, 0.29) is 0 Å². The van der Waals surface area contributed by atoms with E-state index in [0.29, 0.717) is 0 Å². The van der Waals surface area contributed by atoms with Crippen LogP contribution in [-0.2, 0) is 6.42 Å². The van der Waals surface area contributed by atoms with E-state index < -0.39 is 0 Å². The zero-order valence-electron chi connectivity index (χ0n) is 10.9. The van der Waals surface area contributed by atoms with Crippen molar-refractivity contribution in [3.63, 3.8) is 0 Å². The van der Waals surface area contributed by atoms with Gasteiger partial charge in [0.15, 0.2) is 0 Å². The van der Waals surface area contributed by atoms with Gasteiger partial charge in [0.1, 0.15) is 0 Å². The molecule has 0 heterocycles. The van der Waals surface area contributed by atoms with Gasteiger partial charge in [-0.15, -0.1) is 0 Å². The first-order chi connectivity index (χ1) is 9.84. The molecule has 4 rings (SSSR count). The zero-order valence-corrected chi connectivity index (χ0v) is 12.5. The fraction of sp³-hybridized carbons (Fsp3) is 0.0526. The highest BCUT2D eigenvalue weighted by molar-refractivity contribution is 9.10. The Morgan fingerprint density at radius 2 is 1.60 bits per heavy atom. The van der Waals surface area contributed by atoms with E-state index in [4.69, 9.17) is 0 Å². The van der Waals surface area contributed by atoms with Gasteiger partial charge in [-0.2, -0.15) is 0 Å². The first-order valence-corrected chi connectivity index (χ1v) is 7.60. The van der Waals surface area contributed by atoms with Gasteiger partial charge in [0.05, 0.1) is 0 Å². The summed E-state index contributed by atoms with van der Waals surface area (Å²) in [6, 6.07) is 21.6. The van der Waals surface area contributed by atoms with Crippen molar-refractivity contribution in [2.75, 3.05) is 0 Å². The van der Waals surface area contributed by atoms with Crippen molar-refractivity contribution in [3.8, 4) is 0 Å². The summed E-state index contributed by atoms with van der Waals surface area (Å²) < 4.78 is 1.19. The minimum atomic E-state index is 1.02. The number of halogens is 1. The summed E-state index contributed by atoms with van der Waals surface area (Å²) in [5.74, 6) is 0. The molecule has 0 bridgehead atoms. The van der Waals surface area contributed by atoms with Crippen LogP contribution in [-0.4, -0.2) is 0 Å². The largest absolute Gasteiger partial charge is 0.0716 e. The molecule has 0 amide bonds. The number of hydrogen-bond donors (Lipinski definition) is 0. The minimum absolute atomic E-state index is 1.02. The van der Waals surface area contributed by atoms with Crippen LogP contribution in [0.25, 0.3) is 16.3 Å². The van der Waals surface area contributed by atoms with Crippen LogP contribution in [0.4, 0.5) is 0 Å². The van der Waals surface area contributed by atoms with Crippen LogP contribution in [0, 0.1) is 0 Å². The predicted molar refractivity (Wildman–Crippen MR) is 88.9 cm³/mol. The zero-order chi connectivity index (χ0) is 13.5. The Kier molecular flexibility index (Phi) is 2.75. The van der Waals surface area contributed by atoms with Gasteiger partial charge < -0.3 is 0 Å². The molecule has 0 radical (unpaired) electrons. The van der Waals surface area contributed by atoms with Gasteiger partial charge in [0, 0.05) is 4.47 Å². The Balaban J connectivity index is 2.00. The predicted octanol–water partition coefficient (Wildman–Crippen LogP) is 5.59. The molecule has 0 spiro atoms. The maximum atomic E-state index is 3.71. The van der Waals surface area contributed by atoms with Gasteiger partial charge in [0.2, 0.25) is 0 Å². The lowest BCUT2D eigenvalue weighted by molar-refractivity contribution is 1.30. The van der Waals surface area contributed by atoms with Crippen molar-refractivity contribution in [1.29, 1.82) is 0 Å². The number of allylic oxidation sites excluding steroid dienone is 1. The number of benzene rings is 3. The molecular formula is C19H13Br. The van der Waals surface area contributed by atoms with E-state index in [0.717, 1.165) is 6.42 Å². The van der Waals surface area contributed by atoms with Crippen molar-refractivity contribution in [3.05, 3.63) is 87.9 Å². The van der Waals surface area contributed by atoms with E-state index in [9.17, 15) is 0 Å². The smallest absolute Gasteiger partial charge is 0.0256 e. The van der Waals surface area contributed by atoms with E-state index in [1.165, 1.54) is 37.5 Å². The molecule has 0 saturated carbocycles. The maximum Gasteiger partial charge on any atom is 0.0256 e. The summed E-state index contributed by atoms with van der Waals surface area (Å²) in [7, 11) is 0. The van der Waals surface area contributed by atoms with E-state index in [1.54, 1.807) is 0 Å². The molecule has 0 nitrogen and oxygen atoms in total. The van der Waals surface area contributed by atoms with Gasteiger partial charge in [0.25, 0.3) is 0 Å². The van der Waals surface area contributed by atoms with Crippen molar-refractivity contribution >= 4 is 32.3 Å². The second kappa shape index (κ2) is 4.60. The summed E-state index contributed by atoms with van der Waals surface area (Å²) in [6.07, 6.45) is 3.37. The summed E-state index contributed by atoms with van der Waals surface area (Å²) in [6.45, 7) is 0. The van der Waals surface area contributed by atoms with Crippen LogP contribution in [0.2, 0.25) is 0 Å². The lowest BCUT2D eigenvalue weighted by atomic mass is 9.94. The Morgan fingerprint density at radius 1 is 0.800 bits per heavy atom. The average Bonchev–Trinajstić information content (AvgIpc) is 2.92. The number of fused-ring (bicyclic) bond motifs is 2. The molecule has 0 atom stereocenters. The third-order valence-corrected chi connectivity index (χ3v) is 4.64. The third-order valence-electron chi connectivity index (χ3n) is 3.98. The molecule has 0 aromatic heterocycles. The molecule has 3 aromatic carbocycles. The molecular weight excluding hydrogens is 308 g/mol. The molecule has 96 valence electrons. The molecule has 0 saturated heterocycles. The van der Waals surface area contributed by atoms with Gasteiger partial charge in [-0.1, -0.05) is 76.6 Å². The Morgan fingerprint density at radius 3 is 2.55 bits per heavy atom. The van der Waals surface area contributed by atoms with Crippen molar-refractivity contribution in [1.82, 2.24) is 0 Å². The highest BCUT2D eigenvalue weighted by atomic mass is 79.9. The fourth-order valence-electron chi connectivity index (χ4n) is 3.06. The summed E-state index contributed by atoms with van der Waals surface area (Å²) >= 11 is 3.71. The lowest BCUT2D eigenvalue weighted by Gasteiger charge is -2.11. The lowest BCUT2D eigenvalue weighted by Crippen LogP contribution is -1.90. The topological polar surface area (TPSA) is 0 Å². The molecule has 1 heteroatoms. The molecule has 0 aliphatic heterocycles. The number of hydrogen-bond acceptors (Lipinski definition) is 0. The first-order valence-electron chi connectivity index (χ1n) is 6.80.